The van der Waals surface area contributed by atoms with Gasteiger partial charge in [0, 0.05) is 0 Å². The van der Waals surface area contributed by atoms with Crippen molar-refractivity contribution in [3.63, 3.8) is 0 Å². The van der Waals surface area contributed by atoms with Crippen LogP contribution in [0, 0.1) is 0 Å². The van der Waals surface area contributed by atoms with Crippen molar-refractivity contribution in [3.8, 4) is 0 Å². The molecule has 0 amide bonds. The average Bonchev–Trinajstić information content (AvgIpc) is 2.14. The van der Waals surface area contributed by atoms with Gasteiger partial charge in [-0.25, -0.2) is 4.39 Å². The van der Waals surface area contributed by atoms with Crippen LogP contribution in [-0.2, 0) is 9.47 Å². The van der Waals surface area contributed by atoms with E-state index in [1.165, 1.54) is 0 Å². The summed E-state index contributed by atoms with van der Waals surface area (Å²) < 4.78 is 20.5. The molecular weight excluding hydrogens is 183 g/mol. The fourth-order valence-electron chi connectivity index (χ4n) is 0.622. The predicted octanol–water partition coefficient (Wildman–Crippen LogP) is -1.34. The van der Waals surface area contributed by atoms with Gasteiger partial charge in [-0.1, -0.05) is 0 Å². The molecule has 0 spiro atoms. The highest BCUT2D eigenvalue weighted by molar-refractivity contribution is 4.53. The Labute approximate surface area is 75.7 Å². The molecule has 80 valence electrons. The molecule has 0 aromatic rings. The Morgan fingerprint density at radius 3 is 2.08 bits per heavy atom. The Bertz CT molecular complexity index is 113. The van der Waals surface area contributed by atoms with E-state index in [-0.39, 0.29) is 19.8 Å². The lowest BCUT2D eigenvalue weighted by Gasteiger charge is -2.12. The molecule has 6 heteroatoms. The quantitative estimate of drug-likeness (QED) is 0.450. The van der Waals surface area contributed by atoms with Gasteiger partial charge in [-0.15, -0.1) is 0 Å². The van der Waals surface area contributed by atoms with Crippen LogP contribution in [0.5, 0.6) is 0 Å². The SMILES string of the molecule is OCC(O)COCC(O)COCF. The first-order valence-corrected chi connectivity index (χ1v) is 3.89. The molecule has 0 aromatic carbocycles. The fourth-order valence-corrected chi connectivity index (χ4v) is 0.622. The molecule has 5 nitrogen and oxygen atoms in total. The fraction of sp³-hybridized carbons (Fsp3) is 1.00. The van der Waals surface area contributed by atoms with Gasteiger partial charge in [0.1, 0.15) is 12.2 Å². The number of rotatable bonds is 8. The standard InChI is InChI=1S/C7H15FO5/c8-5-13-4-7(11)3-12-2-6(10)1-9/h6-7,9-11H,1-5H2. The van der Waals surface area contributed by atoms with Crippen molar-refractivity contribution in [1.29, 1.82) is 0 Å². The van der Waals surface area contributed by atoms with Crippen LogP contribution in [0.25, 0.3) is 0 Å². The summed E-state index contributed by atoms with van der Waals surface area (Å²) in [6.07, 6.45) is -1.86. The van der Waals surface area contributed by atoms with E-state index in [2.05, 4.69) is 4.74 Å². The predicted molar refractivity (Wildman–Crippen MR) is 41.8 cm³/mol. The van der Waals surface area contributed by atoms with Crippen molar-refractivity contribution in [2.45, 2.75) is 12.2 Å². The lowest BCUT2D eigenvalue weighted by molar-refractivity contribution is -0.0592. The molecule has 3 N–H and O–H groups in total. The van der Waals surface area contributed by atoms with E-state index in [0.717, 1.165) is 0 Å². The minimum Gasteiger partial charge on any atom is -0.394 e. The molecule has 0 saturated carbocycles. The maximum atomic E-state index is 11.4. The third kappa shape index (κ3) is 8.07. The Kier molecular flexibility index (Phi) is 8.16. The highest BCUT2D eigenvalue weighted by Crippen LogP contribution is 1.90. The second-order valence-electron chi connectivity index (χ2n) is 2.51. The summed E-state index contributed by atoms with van der Waals surface area (Å²) in [6.45, 7) is -1.61. The van der Waals surface area contributed by atoms with Crippen LogP contribution < -0.4 is 0 Å². The van der Waals surface area contributed by atoms with E-state index in [9.17, 15) is 4.39 Å². The third-order valence-corrected chi connectivity index (χ3v) is 1.22. The molecule has 0 rings (SSSR count). The topological polar surface area (TPSA) is 79.2 Å². The van der Waals surface area contributed by atoms with Crippen molar-refractivity contribution in [2.75, 3.05) is 33.3 Å². The highest BCUT2D eigenvalue weighted by Gasteiger charge is 2.06. The van der Waals surface area contributed by atoms with Gasteiger partial charge in [0.05, 0.1) is 26.4 Å². The molecule has 0 radical (unpaired) electrons. The minimum absolute atomic E-state index is 0.0585. The number of aliphatic hydroxyl groups excluding tert-OH is 3. The van der Waals surface area contributed by atoms with Crippen molar-refractivity contribution >= 4 is 0 Å². The van der Waals surface area contributed by atoms with E-state index in [4.69, 9.17) is 20.1 Å². The molecule has 0 aliphatic carbocycles. The molecule has 2 unspecified atom stereocenters. The van der Waals surface area contributed by atoms with Gasteiger partial charge in [0.15, 0.2) is 6.86 Å². The Morgan fingerprint density at radius 1 is 1.00 bits per heavy atom. The Hall–Kier alpha value is -0.270. The van der Waals surface area contributed by atoms with Crippen molar-refractivity contribution in [3.05, 3.63) is 0 Å². The molecule has 2 atom stereocenters. The molecule has 0 aliphatic rings. The smallest absolute Gasteiger partial charge is 0.188 e. The van der Waals surface area contributed by atoms with Crippen LogP contribution >= 0.6 is 0 Å². The maximum absolute atomic E-state index is 11.4. The zero-order chi connectivity index (χ0) is 10.1. The molecule has 0 bridgehead atoms. The Balaban J connectivity index is 3.21. The van der Waals surface area contributed by atoms with Crippen LogP contribution in [0.3, 0.4) is 0 Å². The minimum atomic E-state index is -0.950. The zero-order valence-electron chi connectivity index (χ0n) is 7.23. The first kappa shape index (κ1) is 12.7. The normalized spacial score (nSPS) is 15.7. The van der Waals surface area contributed by atoms with Crippen molar-refractivity contribution in [1.82, 2.24) is 0 Å². The number of halogens is 1. The van der Waals surface area contributed by atoms with Gasteiger partial charge in [-0.05, 0) is 0 Å². The first-order chi connectivity index (χ1) is 6.20. The number of hydrogen-bond acceptors (Lipinski definition) is 5. The maximum Gasteiger partial charge on any atom is 0.188 e. The van der Waals surface area contributed by atoms with Gasteiger partial charge in [0.25, 0.3) is 0 Å². The number of ether oxygens (including phenoxy) is 2. The number of alkyl halides is 1. The second kappa shape index (κ2) is 8.33. The monoisotopic (exact) mass is 198 g/mol. The lowest BCUT2D eigenvalue weighted by atomic mass is 10.4. The molecule has 0 aliphatic heterocycles. The van der Waals surface area contributed by atoms with Crippen LogP contribution in [-0.4, -0.2) is 60.8 Å². The first-order valence-electron chi connectivity index (χ1n) is 3.89. The summed E-state index contributed by atoms with van der Waals surface area (Å²) >= 11 is 0. The van der Waals surface area contributed by atoms with Gasteiger partial charge >= 0.3 is 0 Å². The van der Waals surface area contributed by atoms with Crippen LogP contribution in [0.4, 0.5) is 4.39 Å². The van der Waals surface area contributed by atoms with E-state index in [0.29, 0.717) is 0 Å². The lowest BCUT2D eigenvalue weighted by Crippen LogP contribution is -2.26. The summed E-state index contributed by atoms with van der Waals surface area (Å²) in [4.78, 5) is 0. The third-order valence-electron chi connectivity index (χ3n) is 1.22. The van der Waals surface area contributed by atoms with E-state index < -0.39 is 25.7 Å². The number of hydrogen-bond donors (Lipinski definition) is 3. The largest absolute Gasteiger partial charge is 0.394 e. The van der Waals surface area contributed by atoms with Crippen molar-refractivity contribution < 1.29 is 29.2 Å². The molecule has 0 fully saturated rings. The molecule has 0 aromatic heterocycles. The van der Waals surface area contributed by atoms with Crippen LogP contribution in [0.2, 0.25) is 0 Å². The van der Waals surface area contributed by atoms with Gasteiger partial charge in [-0.3, -0.25) is 0 Å². The van der Waals surface area contributed by atoms with Crippen molar-refractivity contribution in [2.24, 2.45) is 0 Å². The van der Waals surface area contributed by atoms with Crippen LogP contribution in [0.15, 0.2) is 0 Å². The Morgan fingerprint density at radius 2 is 1.54 bits per heavy atom. The van der Waals surface area contributed by atoms with E-state index >= 15 is 0 Å². The van der Waals surface area contributed by atoms with E-state index in [1.54, 1.807) is 0 Å². The zero-order valence-corrected chi connectivity index (χ0v) is 7.23. The average molecular weight is 198 g/mol. The van der Waals surface area contributed by atoms with Gasteiger partial charge < -0.3 is 24.8 Å². The summed E-state index contributed by atoms with van der Waals surface area (Å²) in [5, 5.41) is 26.2. The number of aliphatic hydroxyl groups is 3. The van der Waals surface area contributed by atoms with E-state index in [1.807, 2.05) is 0 Å². The summed E-state index contributed by atoms with van der Waals surface area (Å²) in [6, 6.07) is 0. The molecular formula is C7H15FO5. The molecule has 0 heterocycles. The summed E-state index contributed by atoms with van der Waals surface area (Å²) in [5.41, 5.74) is 0. The van der Waals surface area contributed by atoms with Gasteiger partial charge in [0.2, 0.25) is 0 Å². The van der Waals surface area contributed by atoms with Gasteiger partial charge in [-0.2, -0.15) is 0 Å². The summed E-state index contributed by atoms with van der Waals surface area (Å²) in [7, 11) is 0. The molecule has 13 heavy (non-hydrogen) atoms. The second-order valence-corrected chi connectivity index (χ2v) is 2.51. The molecule has 0 saturated heterocycles. The summed E-state index contributed by atoms with van der Waals surface area (Å²) in [5.74, 6) is 0. The van der Waals surface area contributed by atoms with Crippen LogP contribution in [0.1, 0.15) is 0 Å². The highest BCUT2D eigenvalue weighted by atomic mass is 19.1.